The van der Waals surface area contributed by atoms with Crippen LogP contribution in [-0.2, 0) is 6.42 Å². The lowest BCUT2D eigenvalue weighted by Crippen LogP contribution is -2.15. The van der Waals surface area contributed by atoms with Crippen LogP contribution < -0.4 is 10.6 Å². The third-order valence-corrected chi connectivity index (χ3v) is 3.81. The summed E-state index contributed by atoms with van der Waals surface area (Å²) in [5, 5.41) is 5.97. The Hall–Kier alpha value is -3.28. The first-order chi connectivity index (χ1) is 12.6. The second-order valence-corrected chi connectivity index (χ2v) is 5.92. The minimum absolute atomic E-state index is 0.248. The van der Waals surface area contributed by atoms with Gasteiger partial charge in [-0.2, -0.15) is 0 Å². The van der Waals surface area contributed by atoms with Gasteiger partial charge in [0.25, 0.3) is 5.91 Å². The molecule has 0 aliphatic carbocycles. The first kappa shape index (κ1) is 17.5. The van der Waals surface area contributed by atoms with Gasteiger partial charge in [-0.3, -0.25) is 4.79 Å². The molecular weight excluding hydrogens is 331 g/mol. The Kier molecular flexibility index (Phi) is 5.53. The zero-order valence-corrected chi connectivity index (χ0v) is 14.4. The van der Waals surface area contributed by atoms with Crippen LogP contribution in [0, 0.1) is 12.7 Å². The van der Waals surface area contributed by atoms with Crippen LogP contribution >= 0.6 is 0 Å². The van der Waals surface area contributed by atoms with Crippen molar-refractivity contribution < 1.29 is 9.18 Å². The molecule has 1 amide bonds. The van der Waals surface area contributed by atoms with Gasteiger partial charge in [0, 0.05) is 18.3 Å². The summed E-state index contributed by atoms with van der Waals surface area (Å²) in [5.74, 6) is 0.0258. The maximum Gasteiger partial charge on any atom is 0.274 e. The fourth-order valence-corrected chi connectivity index (χ4v) is 2.48. The maximum absolute atomic E-state index is 12.9. The van der Waals surface area contributed by atoms with Crippen molar-refractivity contribution in [2.45, 2.75) is 13.3 Å². The second kappa shape index (κ2) is 8.20. The first-order valence-electron chi connectivity index (χ1n) is 8.28. The number of nitrogens with zero attached hydrogens (tertiary/aromatic N) is 2. The number of carbonyl (C=O) groups excluding carboxylic acids is 1. The number of hydrogen-bond acceptors (Lipinski definition) is 4. The Morgan fingerprint density at radius 2 is 1.88 bits per heavy atom. The molecular formula is C20H19FN4O. The number of nitrogens with one attached hydrogen (secondary N) is 2. The lowest BCUT2D eigenvalue weighted by molar-refractivity contribution is 0.102. The van der Waals surface area contributed by atoms with Crippen LogP contribution in [0.15, 0.2) is 60.9 Å². The number of rotatable bonds is 6. The Bertz CT molecular complexity index is 896. The molecule has 0 unspecified atom stereocenters. The highest BCUT2D eigenvalue weighted by atomic mass is 19.1. The zero-order valence-electron chi connectivity index (χ0n) is 14.4. The van der Waals surface area contributed by atoms with E-state index in [0.29, 0.717) is 12.4 Å². The summed E-state index contributed by atoms with van der Waals surface area (Å²) in [6, 6.07) is 15.5. The summed E-state index contributed by atoms with van der Waals surface area (Å²) in [6.07, 6.45) is 2.07. The van der Waals surface area contributed by atoms with Crippen molar-refractivity contribution in [3.8, 4) is 0 Å². The molecule has 3 rings (SSSR count). The molecule has 1 aromatic heterocycles. The van der Waals surface area contributed by atoms with Crippen molar-refractivity contribution in [3.63, 3.8) is 0 Å². The molecule has 0 saturated heterocycles. The van der Waals surface area contributed by atoms with Crippen molar-refractivity contribution >= 4 is 17.4 Å². The molecule has 2 N–H and O–H groups in total. The molecule has 0 aliphatic rings. The van der Waals surface area contributed by atoms with Gasteiger partial charge in [-0.25, -0.2) is 14.4 Å². The van der Waals surface area contributed by atoms with Crippen LogP contribution in [0.5, 0.6) is 0 Å². The number of anilines is 2. The number of aryl methyl sites for hydroxylation is 1. The lowest BCUT2D eigenvalue weighted by Gasteiger charge is -2.08. The van der Waals surface area contributed by atoms with E-state index in [2.05, 4.69) is 20.6 Å². The summed E-state index contributed by atoms with van der Waals surface area (Å²) in [6.45, 7) is 2.57. The molecule has 3 aromatic rings. The van der Waals surface area contributed by atoms with E-state index in [1.807, 2.05) is 31.2 Å². The molecule has 0 fully saturated rings. The fourth-order valence-electron chi connectivity index (χ4n) is 2.48. The average molecular weight is 350 g/mol. The molecule has 0 spiro atoms. The number of carbonyl (C=O) groups is 1. The van der Waals surface area contributed by atoms with E-state index < -0.39 is 0 Å². The summed E-state index contributed by atoms with van der Waals surface area (Å²) < 4.78 is 12.9. The average Bonchev–Trinajstić information content (AvgIpc) is 2.64. The topological polar surface area (TPSA) is 66.9 Å². The van der Waals surface area contributed by atoms with Crippen LogP contribution in [-0.4, -0.2) is 22.4 Å². The van der Waals surface area contributed by atoms with Crippen molar-refractivity contribution in [2.24, 2.45) is 0 Å². The van der Waals surface area contributed by atoms with Gasteiger partial charge in [-0.15, -0.1) is 0 Å². The second-order valence-electron chi connectivity index (χ2n) is 5.92. The molecule has 6 heteroatoms. The standard InChI is InChI=1S/C20H19FN4O/c1-14-3-2-4-17(11-14)25-20(26)18-12-19(24-13-23-18)22-10-9-15-5-7-16(21)8-6-15/h2-8,11-13H,9-10H2,1H3,(H,25,26)(H,22,23,24). The van der Waals surface area contributed by atoms with Crippen molar-refractivity contribution in [1.29, 1.82) is 0 Å². The molecule has 1 heterocycles. The Morgan fingerprint density at radius 1 is 1.08 bits per heavy atom. The van der Waals surface area contributed by atoms with Crippen LogP contribution in [0.2, 0.25) is 0 Å². The highest BCUT2D eigenvalue weighted by molar-refractivity contribution is 6.03. The van der Waals surface area contributed by atoms with Gasteiger partial charge in [0.15, 0.2) is 0 Å². The van der Waals surface area contributed by atoms with Gasteiger partial charge in [-0.1, -0.05) is 24.3 Å². The van der Waals surface area contributed by atoms with E-state index in [0.717, 1.165) is 23.2 Å². The molecule has 26 heavy (non-hydrogen) atoms. The molecule has 0 saturated carbocycles. The van der Waals surface area contributed by atoms with E-state index in [9.17, 15) is 9.18 Å². The van der Waals surface area contributed by atoms with Crippen molar-refractivity contribution in [2.75, 3.05) is 17.2 Å². The fraction of sp³-hybridized carbons (Fsp3) is 0.150. The van der Waals surface area contributed by atoms with E-state index >= 15 is 0 Å². The first-order valence-corrected chi connectivity index (χ1v) is 8.28. The number of amides is 1. The molecule has 2 aromatic carbocycles. The van der Waals surface area contributed by atoms with Crippen molar-refractivity contribution in [1.82, 2.24) is 9.97 Å². The normalized spacial score (nSPS) is 10.4. The van der Waals surface area contributed by atoms with Gasteiger partial charge in [0.05, 0.1) is 0 Å². The monoisotopic (exact) mass is 350 g/mol. The van der Waals surface area contributed by atoms with E-state index in [-0.39, 0.29) is 17.4 Å². The summed E-state index contributed by atoms with van der Waals surface area (Å²) in [4.78, 5) is 20.5. The SMILES string of the molecule is Cc1cccc(NC(=O)c2cc(NCCc3ccc(F)cc3)ncn2)c1. The number of aromatic nitrogens is 2. The van der Waals surface area contributed by atoms with Crippen LogP contribution in [0.3, 0.4) is 0 Å². The third kappa shape index (κ3) is 4.86. The van der Waals surface area contributed by atoms with Gasteiger partial charge < -0.3 is 10.6 Å². The quantitative estimate of drug-likeness (QED) is 0.709. The van der Waals surface area contributed by atoms with E-state index in [1.54, 1.807) is 18.2 Å². The van der Waals surface area contributed by atoms with Gasteiger partial charge in [0.2, 0.25) is 0 Å². The smallest absolute Gasteiger partial charge is 0.274 e. The summed E-state index contributed by atoms with van der Waals surface area (Å²) >= 11 is 0. The van der Waals surface area contributed by atoms with Gasteiger partial charge in [-0.05, 0) is 48.7 Å². The molecule has 0 bridgehead atoms. The summed E-state index contributed by atoms with van der Waals surface area (Å²) in [5.41, 5.74) is 3.09. The lowest BCUT2D eigenvalue weighted by atomic mass is 10.1. The molecule has 0 aliphatic heterocycles. The number of hydrogen-bond donors (Lipinski definition) is 2. The van der Waals surface area contributed by atoms with Crippen LogP contribution in [0.4, 0.5) is 15.9 Å². The molecule has 132 valence electrons. The van der Waals surface area contributed by atoms with Gasteiger partial charge >= 0.3 is 0 Å². The highest BCUT2D eigenvalue weighted by Gasteiger charge is 2.09. The minimum Gasteiger partial charge on any atom is -0.370 e. The number of halogens is 1. The van der Waals surface area contributed by atoms with Crippen LogP contribution in [0.25, 0.3) is 0 Å². The Balaban J connectivity index is 1.58. The van der Waals surface area contributed by atoms with Crippen LogP contribution in [0.1, 0.15) is 21.6 Å². The largest absolute Gasteiger partial charge is 0.370 e. The third-order valence-electron chi connectivity index (χ3n) is 3.81. The molecule has 0 atom stereocenters. The maximum atomic E-state index is 12.9. The van der Waals surface area contributed by atoms with Gasteiger partial charge in [0.1, 0.15) is 23.7 Å². The number of benzene rings is 2. The highest BCUT2D eigenvalue weighted by Crippen LogP contribution is 2.12. The molecule has 0 radical (unpaired) electrons. The Labute approximate surface area is 151 Å². The summed E-state index contributed by atoms with van der Waals surface area (Å²) in [7, 11) is 0. The van der Waals surface area contributed by atoms with Crippen molar-refractivity contribution in [3.05, 3.63) is 83.6 Å². The minimum atomic E-state index is -0.292. The zero-order chi connectivity index (χ0) is 18.4. The molecule has 5 nitrogen and oxygen atoms in total. The predicted octanol–water partition coefficient (Wildman–Crippen LogP) is 3.83. The predicted molar refractivity (Wildman–Crippen MR) is 99.8 cm³/mol. The van der Waals surface area contributed by atoms with E-state index in [4.69, 9.17) is 0 Å². The van der Waals surface area contributed by atoms with E-state index in [1.165, 1.54) is 18.5 Å². The Morgan fingerprint density at radius 3 is 2.65 bits per heavy atom.